The van der Waals surface area contributed by atoms with Crippen molar-refractivity contribution in [2.24, 2.45) is 5.73 Å². The zero-order valence-corrected chi connectivity index (χ0v) is 6.44. The topological polar surface area (TPSA) is 43.1 Å². The predicted molar refractivity (Wildman–Crippen MR) is 24.6 cm³/mol. The van der Waals surface area contributed by atoms with Gasteiger partial charge in [0.2, 0.25) is 0 Å². The second-order valence-electron chi connectivity index (χ2n) is 1.18. The van der Waals surface area contributed by atoms with Crippen LogP contribution < -0.4 is 26.9 Å². The molecular weight excluding hydrogens is 205 g/mol. The first-order chi connectivity index (χ1) is 3.27. The molecule has 0 rings (SSSR count). The molecule has 0 atom stereocenters. The number of halogens is 1. The summed E-state index contributed by atoms with van der Waals surface area (Å²) in [4.78, 5) is 10.2. The van der Waals surface area contributed by atoms with E-state index in [4.69, 9.17) is 5.73 Å². The first-order valence-electron chi connectivity index (χ1n) is 2.00. The van der Waals surface area contributed by atoms with Crippen molar-refractivity contribution >= 4 is 5.78 Å². The number of carbonyl (C=O) groups excluding carboxylic acids is 1. The fourth-order valence-corrected chi connectivity index (χ4v) is 1.26. The van der Waals surface area contributed by atoms with E-state index in [1.165, 1.54) is 0 Å². The molecule has 0 spiro atoms. The molecule has 0 aromatic carbocycles. The maximum atomic E-state index is 10.2. The zero-order valence-electron chi connectivity index (χ0n) is 4.28. The van der Waals surface area contributed by atoms with Gasteiger partial charge < -0.3 is 0 Å². The van der Waals surface area contributed by atoms with Crippen molar-refractivity contribution in [1.82, 2.24) is 0 Å². The minimum absolute atomic E-state index is 0.0159. The molecule has 0 fully saturated rings. The standard InChI is InChI=1S/C4H9INO/c1-4(7)2-5-3-6/h2-3,6H2,1H3/q-1. The molecule has 3 heteroatoms. The third-order valence-corrected chi connectivity index (χ3v) is 2.63. The molecule has 0 aromatic heterocycles. The Morgan fingerprint density at radius 1 is 1.86 bits per heavy atom. The molecule has 2 nitrogen and oxygen atoms in total. The Hall–Kier alpha value is 0.360. The van der Waals surface area contributed by atoms with Crippen LogP contribution in [0.25, 0.3) is 0 Å². The van der Waals surface area contributed by atoms with Gasteiger partial charge in [-0.1, -0.05) is 0 Å². The van der Waals surface area contributed by atoms with E-state index >= 15 is 0 Å². The van der Waals surface area contributed by atoms with Gasteiger partial charge in [0.1, 0.15) is 0 Å². The summed E-state index contributed by atoms with van der Waals surface area (Å²) in [7, 11) is 0. The Balaban J connectivity index is 2.82. The first kappa shape index (κ1) is 7.36. The number of rotatable bonds is 3. The molecule has 2 N–H and O–H groups in total. The van der Waals surface area contributed by atoms with E-state index < -0.39 is 0 Å². The van der Waals surface area contributed by atoms with Crippen LogP contribution in [-0.2, 0) is 4.79 Å². The zero-order chi connectivity index (χ0) is 5.70. The predicted octanol–water partition coefficient (Wildman–Crippen LogP) is -3.42. The maximum absolute atomic E-state index is 10.2. The molecule has 0 aliphatic heterocycles. The molecule has 0 amide bonds. The Kier molecular flexibility index (Phi) is 4.75. The van der Waals surface area contributed by atoms with Crippen LogP contribution in [0.5, 0.6) is 0 Å². The number of hydrogen-bond acceptors (Lipinski definition) is 2. The van der Waals surface area contributed by atoms with Gasteiger partial charge in [-0.2, -0.15) is 0 Å². The van der Waals surface area contributed by atoms with Crippen molar-refractivity contribution < 1.29 is 26.0 Å². The van der Waals surface area contributed by atoms with Gasteiger partial charge in [-0.3, -0.25) is 0 Å². The number of Topliss-reactive ketones (excluding diaryl/α,β-unsaturated/α-hetero) is 1. The van der Waals surface area contributed by atoms with Crippen LogP contribution in [0.15, 0.2) is 0 Å². The molecular formula is C4H9INO-. The Bertz CT molecular complexity index is 64.7. The van der Waals surface area contributed by atoms with Crippen molar-refractivity contribution in [3.05, 3.63) is 0 Å². The second-order valence-corrected chi connectivity index (χ2v) is 3.90. The van der Waals surface area contributed by atoms with E-state index in [9.17, 15) is 4.79 Å². The van der Waals surface area contributed by atoms with Crippen LogP contribution in [-0.4, -0.2) is 14.8 Å². The van der Waals surface area contributed by atoms with Crippen LogP contribution in [0.2, 0.25) is 0 Å². The molecule has 0 aliphatic carbocycles. The van der Waals surface area contributed by atoms with Gasteiger partial charge in [0.15, 0.2) is 0 Å². The minimum atomic E-state index is 0.0159. The second kappa shape index (κ2) is 4.52. The third-order valence-electron chi connectivity index (χ3n) is 0.392. The van der Waals surface area contributed by atoms with Gasteiger partial charge in [0.05, 0.1) is 0 Å². The summed E-state index contributed by atoms with van der Waals surface area (Å²) in [5.41, 5.74) is 5.17. The number of hydrogen-bond donors (Lipinski definition) is 1. The monoisotopic (exact) mass is 214 g/mol. The number of alkyl halides is 2. The fourth-order valence-electron chi connectivity index (χ4n) is 0.188. The average molecular weight is 214 g/mol. The van der Waals surface area contributed by atoms with E-state index in [0.29, 0.717) is 0 Å². The summed E-state index contributed by atoms with van der Waals surface area (Å²) in [6.45, 7) is 1.61. The molecule has 7 heavy (non-hydrogen) atoms. The van der Waals surface area contributed by atoms with E-state index in [1.54, 1.807) is 6.92 Å². The number of carbonyl (C=O) groups is 1. The van der Waals surface area contributed by atoms with E-state index in [1.807, 2.05) is 0 Å². The van der Waals surface area contributed by atoms with Crippen molar-refractivity contribution in [3.63, 3.8) is 0 Å². The van der Waals surface area contributed by atoms with Gasteiger partial charge in [-0.25, -0.2) is 0 Å². The van der Waals surface area contributed by atoms with Gasteiger partial charge in [0.25, 0.3) is 0 Å². The fraction of sp³-hybridized carbons (Fsp3) is 0.750. The normalized spacial score (nSPS) is 9.43. The van der Waals surface area contributed by atoms with E-state index in [-0.39, 0.29) is 27.0 Å². The molecule has 0 bridgehead atoms. The average Bonchev–Trinajstić information content (AvgIpc) is 1.61. The summed E-state index contributed by atoms with van der Waals surface area (Å²) >= 11 is 0.0159. The Morgan fingerprint density at radius 2 is 2.43 bits per heavy atom. The van der Waals surface area contributed by atoms with Crippen LogP contribution in [0, 0.1) is 0 Å². The third kappa shape index (κ3) is 6.36. The van der Waals surface area contributed by atoms with Crippen LogP contribution in [0.4, 0.5) is 0 Å². The van der Waals surface area contributed by atoms with Crippen molar-refractivity contribution in [2.45, 2.75) is 6.92 Å². The van der Waals surface area contributed by atoms with E-state index in [2.05, 4.69) is 0 Å². The van der Waals surface area contributed by atoms with Gasteiger partial charge >= 0.3 is 53.4 Å². The first-order valence-corrected chi connectivity index (χ1v) is 5.05. The SMILES string of the molecule is CC(=O)C[I-]CN. The summed E-state index contributed by atoms with van der Waals surface area (Å²) in [6, 6.07) is 0. The molecule has 44 valence electrons. The van der Waals surface area contributed by atoms with Crippen molar-refractivity contribution in [1.29, 1.82) is 0 Å². The molecule has 0 aromatic rings. The van der Waals surface area contributed by atoms with Gasteiger partial charge in [-0.05, 0) is 0 Å². The number of nitrogens with two attached hydrogens (primary N) is 1. The van der Waals surface area contributed by atoms with Crippen molar-refractivity contribution in [3.8, 4) is 0 Å². The quantitative estimate of drug-likeness (QED) is 0.302. The van der Waals surface area contributed by atoms with Crippen molar-refractivity contribution in [2.75, 3.05) is 8.98 Å². The molecule has 0 radical (unpaired) electrons. The molecule has 0 unspecified atom stereocenters. The summed E-state index contributed by atoms with van der Waals surface area (Å²) < 4.78 is 1.48. The number of ketones is 1. The van der Waals surface area contributed by atoms with Crippen LogP contribution in [0.1, 0.15) is 6.92 Å². The molecule has 0 saturated heterocycles. The Morgan fingerprint density at radius 3 is 2.57 bits per heavy atom. The van der Waals surface area contributed by atoms with Gasteiger partial charge in [0, 0.05) is 0 Å². The summed E-state index contributed by atoms with van der Waals surface area (Å²) in [5.74, 6) is 0.276. The summed E-state index contributed by atoms with van der Waals surface area (Å²) in [6.07, 6.45) is 0. The summed E-state index contributed by atoms with van der Waals surface area (Å²) in [5, 5.41) is 0. The van der Waals surface area contributed by atoms with Gasteiger partial charge in [-0.15, -0.1) is 0 Å². The molecule has 0 saturated carbocycles. The molecule has 0 heterocycles. The van der Waals surface area contributed by atoms with E-state index in [0.717, 1.165) is 8.98 Å². The van der Waals surface area contributed by atoms with Crippen LogP contribution in [0.3, 0.4) is 0 Å². The molecule has 0 aliphatic rings. The van der Waals surface area contributed by atoms with Crippen LogP contribution >= 0.6 is 0 Å². The Labute approximate surface area is 53.7 Å².